The lowest BCUT2D eigenvalue weighted by Gasteiger charge is -2.33. The van der Waals surface area contributed by atoms with Crippen LogP contribution < -0.4 is 0 Å². The van der Waals surface area contributed by atoms with E-state index < -0.39 is 0 Å². The largest absolute Gasteiger partial charge is 0.310 e. The van der Waals surface area contributed by atoms with Crippen LogP contribution >= 0.6 is 11.6 Å². The van der Waals surface area contributed by atoms with Gasteiger partial charge in [-0.2, -0.15) is 0 Å². The number of hydrogen-bond acceptors (Lipinski definition) is 2. The zero-order valence-electron chi connectivity index (χ0n) is 11.6. The van der Waals surface area contributed by atoms with Gasteiger partial charge in [-0.1, -0.05) is 6.42 Å². The Kier molecular flexibility index (Phi) is 3.48. The van der Waals surface area contributed by atoms with Crippen LogP contribution in [0.15, 0.2) is 12.1 Å². The Morgan fingerprint density at radius 2 is 2.16 bits per heavy atom. The van der Waals surface area contributed by atoms with Crippen molar-refractivity contribution in [3.63, 3.8) is 0 Å². The second kappa shape index (κ2) is 5.12. The van der Waals surface area contributed by atoms with E-state index >= 15 is 0 Å². The van der Waals surface area contributed by atoms with Gasteiger partial charge in [-0.05, 0) is 44.7 Å². The van der Waals surface area contributed by atoms with Gasteiger partial charge in [0.2, 0.25) is 0 Å². The van der Waals surface area contributed by atoms with Crippen molar-refractivity contribution >= 4 is 22.8 Å². The molecular weight excluding hydrogens is 258 g/mol. The average Bonchev–Trinajstić information content (AvgIpc) is 2.64. The Hall–Kier alpha value is -1.09. The molecule has 1 saturated carbocycles. The molecule has 3 rings (SSSR count). The van der Waals surface area contributed by atoms with Crippen molar-refractivity contribution in [2.75, 3.05) is 5.88 Å². The topological polar surface area (TPSA) is 30.7 Å². The fourth-order valence-corrected chi connectivity index (χ4v) is 3.11. The summed E-state index contributed by atoms with van der Waals surface area (Å²) in [5.41, 5.74) is 3.07. The minimum absolute atomic E-state index is 0.478. The SMILES string of the molecule is Cc1ccc2nc(CCCl)n(C(C)C3CCC3)c2n1. The van der Waals surface area contributed by atoms with Crippen molar-refractivity contribution in [2.45, 2.75) is 45.6 Å². The van der Waals surface area contributed by atoms with Crippen LogP contribution in [0.25, 0.3) is 11.2 Å². The van der Waals surface area contributed by atoms with Crippen LogP contribution in [0.5, 0.6) is 0 Å². The number of imidazole rings is 1. The molecule has 4 heteroatoms. The van der Waals surface area contributed by atoms with E-state index in [-0.39, 0.29) is 0 Å². The molecule has 2 heterocycles. The Morgan fingerprint density at radius 3 is 2.79 bits per heavy atom. The summed E-state index contributed by atoms with van der Waals surface area (Å²) < 4.78 is 2.33. The van der Waals surface area contributed by atoms with E-state index in [1.165, 1.54) is 19.3 Å². The van der Waals surface area contributed by atoms with Gasteiger partial charge >= 0.3 is 0 Å². The second-order valence-corrected chi connectivity index (χ2v) is 5.94. The zero-order chi connectivity index (χ0) is 13.4. The van der Waals surface area contributed by atoms with E-state index in [2.05, 4.69) is 17.6 Å². The van der Waals surface area contributed by atoms with Gasteiger partial charge in [0.25, 0.3) is 0 Å². The fraction of sp³-hybridized carbons (Fsp3) is 0.600. The van der Waals surface area contributed by atoms with Gasteiger partial charge in [-0.25, -0.2) is 9.97 Å². The smallest absolute Gasteiger partial charge is 0.160 e. The lowest BCUT2D eigenvalue weighted by molar-refractivity contribution is 0.222. The predicted octanol–water partition coefficient (Wildman–Crippen LogP) is 3.88. The molecule has 19 heavy (non-hydrogen) atoms. The Morgan fingerprint density at radius 1 is 1.37 bits per heavy atom. The van der Waals surface area contributed by atoms with Crippen molar-refractivity contribution in [3.05, 3.63) is 23.7 Å². The summed E-state index contributed by atoms with van der Waals surface area (Å²) in [7, 11) is 0. The van der Waals surface area contributed by atoms with Gasteiger partial charge in [0.05, 0.1) is 0 Å². The first-order valence-electron chi connectivity index (χ1n) is 7.11. The molecule has 1 aliphatic carbocycles. The minimum atomic E-state index is 0.478. The van der Waals surface area contributed by atoms with E-state index in [4.69, 9.17) is 21.6 Å². The van der Waals surface area contributed by atoms with Gasteiger partial charge in [0.15, 0.2) is 5.65 Å². The Labute approximate surface area is 119 Å². The molecule has 1 fully saturated rings. The molecule has 0 aromatic carbocycles. The van der Waals surface area contributed by atoms with Crippen LogP contribution in [0.4, 0.5) is 0 Å². The van der Waals surface area contributed by atoms with Crippen molar-refractivity contribution in [1.29, 1.82) is 0 Å². The van der Waals surface area contributed by atoms with Crippen LogP contribution in [0, 0.1) is 12.8 Å². The van der Waals surface area contributed by atoms with Gasteiger partial charge < -0.3 is 4.57 Å². The van der Waals surface area contributed by atoms with Crippen LogP contribution in [-0.4, -0.2) is 20.4 Å². The number of hydrogen-bond donors (Lipinski definition) is 0. The predicted molar refractivity (Wildman–Crippen MR) is 78.7 cm³/mol. The third kappa shape index (κ3) is 2.25. The number of halogens is 1. The first-order valence-corrected chi connectivity index (χ1v) is 7.64. The molecule has 0 bridgehead atoms. The zero-order valence-corrected chi connectivity index (χ0v) is 12.3. The Bertz CT molecular complexity index is 586. The van der Waals surface area contributed by atoms with E-state index in [1.807, 2.05) is 13.0 Å². The maximum absolute atomic E-state index is 5.93. The molecule has 0 radical (unpaired) electrons. The van der Waals surface area contributed by atoms with Crippen molar-refractivity contribution in [2.24, 2.45) is 5.92 Å². The summed E-state index contributed by atoms with van der Waals surface area (Å²) in [5, 5.41) is 0. The molecule has 0 N–H and O–H groups in total. The molecule has 0 amide bonds. The molecule has 2 aromatic heterocycles. The third-order valence-electron chi connectivity index (χ3n) is 4.31. The molecule has 0 saturated heterocycles. The number of rotatable bonds is 4. The molecule has 3 nitrogen and oxygen atoms in total. The second-order valence-electron chi connectivity index (χ2n) is 5.56. The number of alkyl halides is 1. The molecule has 2 aromatic rings. The van der Waals surface area contributed by atoms with Crippen LogP contribution in [0.1, 0.15) is 43.7 Å². The standard InChI is InChI=1S/C15H20ClN3/c1-10-6-7-13-15(17-10)19(14(18-13)8-9-16)11(2)12-4-3-5-12/h6-7,11-12H,3-5,8-9H2,1-2H3. The maximum atomic E-state index is 5.93. The van der Waals surface area contributed by atoms with E-state index in [0.29, 0.717) is 11.9 Å². The van der Waals surface area contributed by atoms with Crippen LogP contribution in [0.2, 0.25) is 0 Å². The molecule has 102 valence electrons. The lowest BCUT2D eigenvalue weighted by atomic mass is 9.80. The van der Waals surface area contributed by atoms with Crippen LogP contribution in [0.3, 0.4) is 0 Å². The quantitative estimate of drug-likeness (QED) is 0.794. The highest BCUT2D eigenvalue weighted by Gasteiger charge is 2.28. The Balaban J connectivity index is 2.11. The lowest BCUT2D eigenvalue weighted by Crippen LogP contribution is -2.24. The van der Waals surface area contributed by atoms with Gasteiger partial charge in [-0.15, -0.1) is 11.6 Å². The number of nitrogens with zero attached hydrogens (tertiary/aromatic N) is 3. The minimum Gasteiger partial charge on any atom is -0.310 e. The van der Waals surface area contributed by atoms with E-state index in [0.717, 1.165) is 35.0 Å². The summed E-state index contributed by atoms with van der Waals surface area (Å²) in [6, 6.07) is 4.57. The van der Waals surface area contributed by atoms with Gasteiger partial charge in [-0.3, -0.25) is 0 Å². The summed E-state index contributed by atoms with van der Waals surface area (Å²) >= 11 is 5.93. The summed E-state index contributed by atoms with van der Waals surface area (Å²) in [6.45, 7) is 4.33. The summed E-state index contributed by atoms with van der Waals surface area (Å²) in [4.78, 5) is 9.42. The van der Waals surface area contributed by atoms with Gasteiger partial charge in [0.1, 0.15) is 11.3 Å². The monoisotopic (exact) mass is 277 g/mol. The molecule has 1 unspecified atom stereocenters. The van der Waals surface area contributed by atoms with Crippen molar-refractivity contribution < 1.29 is 0 Å². The molecule has 1 aliphatic rings. The highest BCUT2D eigenvalue weighted by atomic mass is 35.5. The summed E-state index contributed by atoms with van der Waals surface area (Å²) in [6.07, 6.45) is 4.83. The van der Waals surface area contributed by atoms with E-state index in [9.17, 15) is 0 Å². The third-order valence-corrected chi connectivity index (χ3v) is 4.50. The molecule has 0 aliphatic heterocycles. The normalized spacial score (nSPS) is 17.6. The first-order chi connectivity index (χ1) is 9.20. The first kappa shape index (κ1) is 12.9. The number of aryl methyl sites for hydroxylation is 2. The summed E-state index contributed by atoms with van der Waals surface area (Å²) in [5.74, 6) is 2.47. The average molecular weight is 278 g/mol. The maximum Gasteiger partial charge on any atom is 0.160 e. The highest BCUT2D eigenvalue weighted by molar-refractivity contribution is 6.17. The molecule has 1 atom stereocenters. The fourth-order valence-electron chi connectivity index (χ4n) is 2.94. The molecule has 0 spiro atoms. The number of pyridine rings is 1. The molecular formula is C15H20ClN3. The van der Waals surface area contributed by atoms with E-state index in [1.54, 1.807) is 0 Å². The van der Waals surface area contributed by atoms with Gasteiger partial charge in [0, 0.05) is 24.0 Å². The van der Waals surface area contributed by atoms with Crippen molar-refractivity contribution in [1.82, 2.24) is 14.5 Å². The highest BCUT2D eigenvalue weighted by Crippen LogP contribution is 2.38. The number of fused-ring (bicyclic) bond motifs is 1. The van der Waals surface area contributed by atoms with Crippen LogP contribution in [-0.2, 0) is 6.42 Å². The number of aromatic nitrogens is 3. The van der Waals surface area contributed by atoms with Crippen molar-refractivity contribution in [3.8, 4) is 0 Å².